The Labute approximate surface area is 120 Å². The van der Waals surface area contributed by atoms with Crippen LogP contribution in [0.2, 0.25) is 0 Å². The zero-order valence-corrected chi connectivity index (χ0v) is 11.8. The Morgan fingerprint density at radius 1 is 1.05 bits per heavy atom. The molecule has 0 amide bonds. The molecule has 2 N–H and O–H groups in total. The van der Waals surface area contributed by atoms with Gasteiger partial charge in [0.25, 0.3) is 0 Å². The molecule has 0 fully saturated rings. The van der Waals surface area contributed by atoms with Crippen LogP contribution >= 0.6 is 15.9 Å². The van der Waals surface area contributed by atoms with Gasteiger partial charge in [0.05, 0.1) is 6.04 Å². The van der Waals surface area contributed by atoms with Gasteiger partial charge in [0.2, 0.25) is 0 Å². The predicted octanol–water partition coefficient (Wildman–Crippen LogP) is 4.05. The predicted molar refractivity (Wildman–Crippen MR) is 81.9 cm³/mol. The number of hydrogen-bond donors (Lipinski definition) is 1. The molecule has 0 aliphatic rings. The molecule has 3 rings (SSSR count). The molecular formula is C16H13BrN2. The second kappa shape index (κ2) is 5.11. The third kappa shape index (κ3) is 2.39. The Kier molecular flexibility index (Phi) is 3.32. The van der Waals surface area contributed by atoms with Gasteiger partial charge in [-0.15, -0.1) is 0 Å². The highest BCUT2D eigenvalue weighted by Gasteiger charge is 2.12. The summed E-state index contributed by atoms with van der Waals surface area (Å²) in [5.41, 5.74) is 8.63. The van der Waals surface area contributed by atoms with Gasteiger partial charge in [-0.25, -0.2) is 0 Å². The average molecular weight is 313 g/mol. The largest absolute Gasteiger partial charge is 0.320 e. The highest BCUT2D eigenvalue weighted by atomic mass is 79.9. The van der Waals surface area contributed by atoms with Crippen LogP contribution in [0.5, 0.6) is 0 Å². The van der Waals surface area contributed by atoms with Gasteiger partial charge < -0.3 is 5.73 Å². The fraction of sp³-hybridized carbons (Fsp3) is 0.0625. The standard InChI is InChI=1S/C16H13BrN2/c17-13-5-1-3-11(9-13)16(18)15-6-2-4-12-10-19-8-7-14(12)15/h1-10,16H,18H2. The summed E-state index contributed by atoms with van der Waals surface area (Å²) in [5, 5.41) is 2.27. The van der Waals surface area contributed by atoms with E-state index < -0.39 is 0 Å². The van der Waals surface area contributed by atoms with E-state index in [0.29, 0.717) is 0 Å². The van der Waals surface area contributed by atoms with Gasteiger partial charge in [0.15, 0.2) is 0 Å². The highest BCUT2D eigenvalue weighted by Crippen LogP contribution is 2.28. The van der Waals surface area contributed by atoms with Gasteiger partial charge in [-0.3, -0.25) is 4.98 Å². The molecule has 1 heterocycles. The van der Waals surface area contributed by atoms with Crippen molar-refractivity contribution in [3.05, 3.63) is 76.5 Å². The number of nitrogens with two attached hydrogens (primary N) is 1. The second-order valence-electron chi connectivity index (χ2n) is 4.48. The second-order valence-corrected chi connectivity index (χ2v) is 5.39. The van der Waals surface area contributed by atoms with Crippen molar-refractivity contribution in [1.82, 2.24) is 4.98 Å². The minimum Gasteiger partial charge on any atom is -0.320 e. The first-order valence-corrected chi connectivity index (χ1v) is 6.89. The smallest absolute Gasteiger partial charge is 0.0558 e. The summed E-state index contributed by atoms with van der Waals surface area (Å²) in [6.07, 6.45) is 3.67. The van der Waals surface area contributed by atoms with Crippen LogP contribution in [0.3, 0.4) is 0 Å². The van der Waals surface area contributed by atoms with E-state index in [0.717, 1.165) is 26.4 Å². The van der Waals surface area contributed by atoms with Gasteiger partial charge in [0, 0.05) is 22.3 Å². The molecule has 1 aromatic heterocycles. The van der Waals surface area contributed by atoms with Crippen molar-refractivity contribution >= 4 is 26.7 Å². The average Bonchev–Trinajstić information content (AvgIpc) is 2.46. The summed E-state index contributed by atoms with van der Waals surface area (Å²) in [5.74, 6) is 0. The fourth-order valence-corrected chi connectivity index (χ4v) is 2.72. The number of halogens is 1. The minimum absolute atomic E-state index is 0.136. The molecule has 94 valence electrons. The lowest BCUT2D eigenvalue weighted by Gasteiger charge is -2.15. The third-order valence-corrected chi connectivity index (χ3v) is 3.75. The number of rotatable bonds is 2. The monoisotopic (exact) mass is 312 g/mol. The van der Waals surface area contributed by atoms with E-state index in [-0.39, 0.29) is 6.04 Å². The summed E-state index contributed by atoms with van der Waals surface area (Å²) in [4.78, 5) is 4.15. The topological polar surface area (TPSA) is 38.9 Å². The fourth-order valence-electron chi connectivity index (χ4n) is 2.30. The van der Waals surface area contributed by atoms with E-state index in [1.807, 2.05) is 30.5 Å². The number of hydrogen-bond acceptors (Lipinski definition) is 2. The molecule has 0 saturated carbocycles. The lowest BCUT2D eigenvalue weighted by molar-refractivity contribution is 0.879. The molecule has 1 atom stereocenters. The summed E-state index contributed by atoms with van der Waals surface area (Å²) >= 11 is 3.49. The molecular weight excluding hydrogens is 300 g/mol. The van der Waals surface area contributed by atoms with Gasteiger partial charge in [-0.1, -0.05) is 46.3 Å². The maximum Gasteiger partial charge on any atom is 0.0558 e. The Balaban J connectivity index is 2.14. The van der Waals surface area contributed by atoms with Crippen molar-refractivity contribution in [2.75, 3.05) is 0 Å². The van der Waals surface area contributed by atoms with Crippen LogP contribution < -0.4 is 5.73 Å². The Bertz CT molecular complexity index is 719. The molecule has 19 heavy (non-hydrogen) atoms. The third-order valence-electron chi connectivity index (χ3n) is 3.26. The van der Waals surface area contributed by atoms with Crippen LogP contribution in [-0.2, 0) is 0 Å². The molecule has 0 aliphatic heterocycles. The lowest BCUT2D eigenvalue weighted by atomic mass is 9.95. The Hall–Kier alpha value is -1.71. The van der Waals surface area contributed by atoms with Gasteiger partial charge in [-0.2, -0.15) is 0 Å². The molecule has 3 heteroatoms. The molecule has 0 saturated heterocycles. The SMILES string of the molecule is NC(c1cccc(Br)c1)c1cccc2cnccc12. The van der Waals surface area contributed by atoms with Crippen molar-refractivity contribution in [3.8, 4) is 0 Å². The maximum atomic E-state index is 6.41. The van der Waals surface area contributed by atoms with E-state index in [1.165, 1.54) is 0 Å². The van der Waals surface area contributed by atoms with Crippen LogP contribution in [0.4, 0.5) is 0 Å². The van der Waals surface area contributed by atoms with E-state index >= 15 is 0 Å². The summed E-state index contributed by atoms with van der Waals surface area (Å²) in [6, 6.07) is 16.2. The van der Waals surface area contributed by atoms with Crippen LogP contribution in [0.1, 0.15) is 17.2 Å². The molecule has 2 aromatic carbocycles. The van der Waals surface area contributed by atoms with Crippen LogP contribution in [0, 0.1) is 0 Å². The first kappa shape index (κ1) is 12.3. The first-order chi connectivity index (χ1) is 9.25. The van der Waals surface area contributed by atoms with E-state index in [2.05, 4.69) is 45.2 Å². The van der Waals surface area contributed by atoms with E-state index in [1.54, 1.807) is 6.20 Å². The molecule has 2 nitrogen and oxygen atoms in total. The lowest BCUT2D eigenvalue weighted by Crippen LogP contribution is -2.12. The van der Waals surface area contributed by atoms with Crippen LogP contribution in [-0.4, -0.2) is 4.98 Å². The summed E-state index contributed by atoms with van der Waals surface area (Å²) in [6.45, 7) is 0. The molecule has 3 aromatic rings. The first-order valence-electron chi connectivity index (χ1n) is 6.09. The minimum atomic E-state index is -0.136. The maximum absolute atomic E-state index is 6.41. The molecule has 0 spiro atoms. The van der Waals surface area contributed by atoms with E-state index in [9.17, 15) is 0 Å². The number of nitrogens with zero attached hydrogens (tertiary/aromatic N) is 1. The Morgan fingerprint density at radius 2 is 1.89 bits per heavy atom. The van der Waals surface area contributed by atoms with Crippen molar-refractivity contribution < 1.29 is 0 Å². The quantitative estimate of drug-likeness (QED) is 0.775. The number of benzene rings is 2. The van der Waals surface area contributed by atoms with Crippen molar-refractivity contribution in [1.29, 1.82) is 0 Å². The molecule has 0 radical (unpaired) electrons. The molecule has 0 aliphatic carbocycles. The van der Waals surface area contributed by atoms with Crippen LogP contribution in [0.25, 0.3) is 10.8 Å². The highest BCUT2D eigenvalue weighted by molar-refractivity contribution is 9.10. The molecule has 0 bridgehead atoms. The number of pyridine rings is 1. The molecule has 1 unspecified atom stereocenters. The van der Waals surface area contributed by atoms with Crippen molar-refractivity contribution in [2.45, 2.75) is 6.04 Å². The zero-order chi connectivity index (χ0) is 13.2. The number of aromatic nitrogens is 1. The zero-order valence-electron chi connectivity index (χ0n) is 10.3. The van der Waals surface area contributed by atoms with Gasteiger partial charge in [0.1, 0.15) is 0 Å². The summed E-state index contributed by atoms with van der Waals surface area (Å²) < 4.78 is 1.04. The Morgan fingerprint density at radius 3 is 2.74 bits per heavy atom. The van der Waals surface area contributed by atoms with E-state index in [4.69, 9.17) is 5.73 Å². The summed E-state index contributed by atoms with van der Waals surface area (Å²) in [7, 11) is 0. The van der Waals surface area contributed by atoms with Gasteiger partial charge >= 0.3 is 0 Å². The van der Waals surface area contributed by atoms with Gasteiger partial charge in [-0.05, 0) is 34.7 Å². The van der Waals surface area contributed by atoms with Crippen molar-refractivity contribution in [3.63, 3.8) is 0 Å². The van der Waals surface area contributed by atoms with Crippen LogP contribution in [0.15, 0.2) is 65.4 Å². The van der Waals surface area contributed by atoms with Crippen molar-refractivity contribution in [2.24, 2.45) is 5.73 Å². The normalized spacial score (nSPS) is 12.5. The number of fused-ring (bicyclic) bond motifs is 1.